The fourth-order valence-corrected chi connectivity index (χ4v) is 3.46. The van der Waals surface area contributed by atoms with Crippen LogP contribution in [0.5, 0.6) is 5.75 Å². The highest BCUT2D eigenvalue weighted by molar-refractivity contribution is 9.11. The van der Waals surface area contributed by atoms with E-state index in [-0.39, 0.29) is 11.5 Å². The first kappa shape index (κ1) is 17.1. The molecule has 0 unspecified atom stereocenters. The zero-order chi connectivity index (χ0) is 17.3. The molecule has 1 amide bonds. The third-order valence-corrected chi connectivity index (χ3v) is 4.66. The summed E-state index contributed by atoms with van der Waals surface area (Å²) < 4.78 is 6.53. The summed E-state index contributed by atoms with van der Waals surface area (Å²) in [6.45, 7) is 0. The lowest BCUT2D eigenvalue weighted by atomic mass is 10.2. The molecule has 0 saturated heterocycles. The van der Waals surface area contributed by atoms with Crippen molar-refractivity contribution in [1.29, 1.82) is 0 Å². The van der Waals surface area contributed by atoms with Crippen LogP contribution in [0.4, 0.5) is 5.69 Å². The molecule has 2 N–H and O–H groups in total. The highest BCUT2D eigenvalue weighted by Gasteiger charge is 2.14. The number of phenolic OH excluding ortho intramolecular Hbond substituents is 1. The molecule has 0 aliphatic rings. The van der Waals surface area contributed by atoms with Gasteiger partial charge in [-0.15, -0.1) is 0 Å². The van der Waals surface area contributed by atoms with Gasteiger partial charge in [-0.2, -0.15) is 0 Å². The van der Waals surface area contributed by atoms with Crippen LogP contribution in [0.2, 0.25) is 5.02 Å². The van der Waals surface area contributed by atoms with Crippen molar-refractivity contribution in [3.63, 3.8) is 0 Å². The Morgan fingerprint density at radius 1 is 1.08 bits per heavy atom. The van der Waals surface area contributed by atoms with Gasteiger partial charge in [0.25, 0.3) is 5.91 Å². The quantitative estimate of drug-likeness (QED) is 0.455. The van der Waals surface area contributed by atoms with E-state index in [1.54, 1.807) is 36.4 Å². The van der Waals surface area contributed by atoms with E-state index in [1.807, 2.05) is 12.1 Å². The molecule has 122 valence electrons. The summed E-state index contributed by atoms with van der Waals surface area (Å²) in [6.07, 6.45) is 0. The minimum absolute atomic E-state index is 0.0641. The van der Waals surface area contributed by atoms with Gasteiger partial charge in [0.1, 0.15) is 11.5 Å². The van der Waals surface area contributed by atoms with Crippen LogP contribution in [-0.2, 0) is 0 Å². The summed E-state index contributed by atoms with van der Waals surface area (Å²) in [5.41, 5.74) is 1.30. The molecule has 3 rings (SSSR count). The Kier molecular flexibility index (Phi) is 4.99. The van der Waals surface area contributed by atoms with Gasteiger partial charge in [0.2, 0.25) is 0 Å². The van der Waals surface area contributed by atoms with Gasteiger partial charge >= 0.3 is 0 Å². The predicted octanol–water partition coefficient (Wildman–Crippen LogP) is 6.08. The summed E-state index contributed by atoms with van der Waals surface area (Å²) in [6, 6.07) is 13.7. The molecule has 0 aliphatic heterocycles. The molecule has 0 spiro atoms. The fourth-order valence-electron chi connectivity index (χ4n) is 2.09. The van der Waals surface area contributed by atoms with Crippen molar-refractivity contribution in [3.05, 3.63) is 68.3 Å². The molecule has 0 bridgehead atoms. The molecule has 0 radical (unpaired) electrons. The van der Waals surface area contributed by atoms with Gasteiger partial charge < -0.3 is 14.8 Å². The number of hydrogen-bond acceptors (Lipinski definition) is 3. The summed E-state index contributed by atoms with van der Waals surface area (Å²) in [5.74, 6) is 0.392. The van der Waals surface area contributed by atoms with Crippen LogP contribution in [0.1, 0.15) is 10.6 Å². The molecule has 7 heteroatoms. The minimum Gasteiger partial charge on any atom is -0.506 e. The number of anilines is 1. The molecular weight excluding hydrogens is 461 g/mol. The molecule has 1 heterocycles. The number of furan rings is 1. The third-order valence-electron chi connectivity index (χ3n) is 3.21. The van der Waals surface area contributed by atoms with Crippen LogP contribution in [0.3, 0.4) is 0 Å². The van der Waals surface area contributed by atoms with Crippen molar-refractivity contribution in [1.82, 2.24) is 0 Å². The van der Waals surface area contributed by atoms with E-state index >= 15 is 0 Å². The number of carbonyl (C=O) groups is 1. The Hall–Kier alpha value is -1.76. The van der Waals surface area contributed by atoms with Gasteiger partial charge in [0.15, 0.2) is 5.76 Å². The largest absolute Gasteiger partial charge is 0.506 e. The summed E-state index contributed by atoms with van der Waals surface area (Å²) in [4.78, 5) is 12.3. The van der Waals surface area contributed by atoms with Gasteiger partial charge in [0, 0.05) is 16.3 Å². The first-order valence-corrected chi connectivity index (χ1v) is 8.75. The zero-order valence-electron chi connectivity index (χ0n) is 12.0. The molecule has 3 aromatic rings. The Balaban J connectivity index is 1.82. The normalized spacial score (nSPS) is 10.6. The number of benzene rings is 2. The molecule has 1 aromatic heterocycles. The maximum Gasteiger partial charge on any atom is 0.291 e. The molecule has 24 heavy (non-hydrogen) atoms. The molecular formula is C17H10Br2ClNO3. The van der Waals surface area contributed by atoms with Crippen LogP contribution < -0.4 is 5.32 Å². The number of halogens is 3. The van der Waals surface area contributed by atoms with Gasteiger partial charge in [0.05, 0.1) is 8.95 Å². The van der Waals surface area contributed by atoms with Gasteiger partial charge in [-0.05, 0) is 68.3 Å². The second-order valence-corrected chi connectivity index (χ2v) is 7.06. The van der Waals surface area contributed by atoms with Crippen LogP contribution in [-0.4, -0.2) is 11.0 Å². The first-order chi connectivity index (χ1) is 11.4. The SMILES string of the molecule is O=C(Nc1cc(Br)c(O)c(Br)c1)c1ccc(-c2cccc(Cl)c2)o1. The maximum absolute atomic E-state index is 12.3. The Morgan fingerprint density at radius 2 is 1.79 bits per heavy atom. The number of rotatable bonds is 3. The van der Waals surface area contributed by atoms with E-state index in [0.29, 0.717) is 25.4 Å². The lowest BCUT2D eigenvalue weighted by Crippen LogP contribution is -2.10. The summed E-state index contributed by atoms with van der Waals surface area (Å²) in [5, 5.41) is 13.0. The van der Waals surface area contributed by atoms with Gasteiger partial charge in [-0.1, -0.05) is 23.7 Å². The van der Waals surface area contributed by atoms with E-state index in [2.05, 4.69) is 37.2 Å². The monoisotopic (exact) mass is 469 g/mol. The molecule has 0 aliphatic carbocycles. The number of aromatic hydroxyl groups is 1. The Labute approximate surface area is 159 Å². The topological polar surface area (TPSA) is 62.5 Å². The van der Waals surface area contributed by atoms with Crippen molar-refractivity contribution in [2.24, 2.45) is 0 Å². The number of hydrogen-bond donors (Lipinski definition) is 2. The van der Waals surface area contributed by atoms with E-state index < -0.39 is 5.91 Å². The second kappa shape index (κ2) is 7.01. The minimum atomic E-state index is -0.396. The zero-order valence-corrected chi connectivity index (χ0v) is 15.9. The average molecular weight is 472 g/mol. The van der Waals surface area contributed by atoms with Crippen LogP contribution >= 0.6 is 43.5 Å². The lowest BCUT2D eigenvalue weighted by molar-refractivity contribution is 0.0997. The number of phenols is 1. The number of amides is 1. The van der Waals surface area contributed by atoms with E-state index in [9.17, 15) is 9.90 Å². The third kappa shape index (κ3) is 3.66. The molecule has 0 atom stereocenters. The summed E-state index contributed by atoms with van der Waals surface area (Å²) >= 11 is 12.4. The van der Waals surface area contributed by atoms with Crippen LogP contribution in [0.25, 0.3) is 11.3 Å². The van der Waals surface area contributed by atoms with Crippen LogP contribution in [0.15, 0.2) is 61.9 Å². The number of nitrogens with one attached hydrogen (secondary N) is 1. The highest BCUT2D eigenvalue weighted by atomic mass is 79.9. The van der Waals surface area contributed by atoms with Gasteiger partial charge in [-0.3, -0.25) is 4.79 Å². The van der Waals surface area contributed by atoms with E-state index in [0.717, 1.165) is 5.56 Å². The fraction of sp³-hybridized carbons (Fsp3) is 0. The lowest BCUT2D eigenvalue weighted by Gasteiger charge is -2.07. The van der Waals surface area contributed by atoms with E-state index in [4.69, 9.17) is 16.0 Å². The van der Waals surface area contributed by atoms with Crippen LogP contribution in [0, 0.1) is 0 Å². The smallest absolute Gasteiger partial charge is 0.291 e. The second-order valence-electron chi connectivity index (χ2n) is 4.92. The highest BCUT2D eigenvalue weighted by Crippen LogP contribution is 2.35. The maximum atomic E-state index is 12.3. The predicted molar refractivity (Wildman–Crippen MR) is 101 cm³/mol. The standard InChI is InChI=1S/C17H10Br2ClNO3/c18-12-7-11(8-13(19)16(12)22)21-17(23)15-5-4-14(24-15)9-2-1-3-10(20)6-9/h1-8,22H,(H,21,23). The number of carbonyl (C=O) groups excluding carboxylic acids is 1. The first-order valence-electron chi connectivity index (χ1n) is 6.79. The average Bonchev–Trinajstić information content (AvgIpc) is 3.02. The van der Waals surface area contributed by atoms with Crippen molar-refractivity contribution < 1.29 is 14.3 Å². The van der Waals surface area contributed by atoms with Crippen molar-refractivity contribution >= 4 is 55.1 Å². The van der Waals surface area contributed by atoms with Gasteiger partial charge in [-0.25, -0.2) is 0 Å². The molecule has 0 fully saturated rings. The van der Waals surface area contributed by atoms with Crippen molar-refractivity contribution in [2.75, 3.05) is 5.32 Å². The Morgan fingerprint density at radius 3 is 2.46 bits per heavy atom. The van der Waals surface area contributed by atoms with Crippen molar-refractivity contribution in [2.45, 2.75) is 0 Å². The Bertz CT molecular complexity index is 901. The summed E-state index contributed by atoms with van der Waals surface area (Å²) in [7, 11) is 0. The molecule has 4 nitrogen and oxygen atoms in total. The van der Waals surface area contributed by atoms with E-state index in [1.165, 1.54) is 0 Å². The molecule has 0 saturated carbocycles. The molecule has 2 aromatic carbocycles. The van der Waals surface area contributed by atoms with Crippen molar-refractivity contribution in [3.8, 4) is 17.1 Å².